The highest BCUT2D eigenvalue weighted by Crippen LogP contribution is 2.20. The molecule has 5 heteroatoms. The summed E-state index contributed by atoms with van der Waals surface area (Å²) in [5, 5.41) is 12.5. The number of rotatable bonds is 7. The summed E-state index contributed by atoms with van der Waals surface area (Å²) in [6.07, 6.45) is 0.893. The molecule has 0 radical (unpaired) electrons. The third-order valence-electron chi connectivity index (χ3n) is 3.03. The van der Waals surface area contributed by atoms with Gasteiger partial charge >= 0.3 is 0 Å². The fourth-order valence-corrected chi connectivity index (χ4v) is 2.03. The van der Waals surface area contributed by atoms with Gasteiger partial charge in [0.2, 0.25) is 0 Å². The van der Waals surface area contributed by atoms with Crippen LogP contribution in [0.25, 0.3) is 0 Å². The highest BCUT2D eigenvalue weighted by Gasteiger charge is 2.10. The first-order chi connectivity index (χ1) is 9.08. The Labute approximate surface area is 119 Å². The van der Waals surface area contributed by atoms with Crippen molar-refractivity contribution in [2.24, 2.45) is 0 Å². The summed E-state index contributed by atoms with van der Waals surface area (Å²) in [5.74, 6) is -0.210. The van der Waals surface area contributed by atoms with E-state index in [4.69, 9.17) is 11.6 Å². The first-order valence-corrected chi connectivity index (χ1v) is 6.95. The molecule has 1 aromatic rings. The van der Waals surface area contributed by atoms with E-state index in [9.17, 15) is 9.90 Å². The van der Waals surface area contributed by atoms with Crippen molar-refractivity contribution in [2.45, 2.75) is 20.3 Å². The van der Waals surface area contributed by atoms with E-state index < -0.39 is 0 Å². The van der Waals surface area contributed by atoms with Crippen LogP contribution in [-0.4, -0.2) is 42.1 Å². The Hall–Kier alpha value is -1.26. The van der Waals surface area contributed by atoms with Gasteiger partial charge in [0.15, 0.2) is 0 Å². The van der Waals surface area contributed by atoms with Gasteiger partial charge < -0.3 is 15.3 Å². The summed E-state index contributed by atoms with van der Waals surface area (Å²) in [5.41, 5.74) is 0.310. The van der Waals surface area contributed by atoms with Gasteiger partial charge in [-0.15, -0.1) is 0 Å². The number of carbonyl (C=O) groups excluding carboxylic acids is 1. The third kappa shape index (κ3) is 5.09. The molecule has 4 nitrogen and oxygen atoms in total. The summed E-state index contributed by atoms with van der Waals surface area (Å²) in [4.78, 5) is 14.2. The lowest BCUT2D eigenvalue weighted by molar-refractivity contribution is 0.0951. The van der Waals surface area contributed by atoms with Crippen LogP contribution < -0.4 is 5.32 Å². The number of nitrogens with zero attached hydrogens (tertiary/aromatic N) is 1. The van der Waals surface area contributed by atoms with Crippen molar-refractivity contribution < 1.29 is 9.90 Å². The minimum absolute atomic E-state index is 0.0395. The van der Waals surface area contributed by atoms with Crippen LogP contribution in [0, 0.1) is 0 Å². The number of phenols is 1. The quantitative estimate of drug-likeness (QED) is 0.757. The van der Waals surface area contributed by atoms with Crippen LogP contribution in [0.5, 0.6) is 5.75 Å². The van der Waals surface area contributed by atoms with Crippen molar-refractivity contribution in [2.75, 3.05) is 26.2 Å². The van der Waals surface area contributed by atoms with E-state index in [2.05, 4.69) is 24.1 Å². The van der Waals surface area contributed by atoms with Crippen LogP contribution in [0.2, 0.25) is 5.02 Å². The van der Waals surface area contributed by atoms with E-state index in [1.54, 1.807) is 0 Å². The van der Waals surface area contributed by atoms with Gasteiger partial charge in [0, 0.05) is 6.54 Å². The second-order valence-corrected chi connectivity index (χ2v) is 4.71. The number of aromatic hydroxyl groups is 1. The predicted octanol–water partition coefficient (Wildman–Crippen LogP) is 2.51. The van der Waals surface area contributed by atoms with E-state index >= 15 is 0 Å². The summed E-state index contributed by atoms with van der Waals surface area (Å²) in [6, 6.07) is 4.35. The van der Waals surface area contributed by atoms with Gasteiger partial charge in [-0.25, -0.2) is 0 Å². The summed E-state index contributed by atoms with van der Waals surface area (Å²) >= 11 is 5.92. The minimum atomic E-state index is -0.250. The first-order valence-electron chi connectivity index (χ1n) is 6.57. The fourth-order valence-electron chi connectivity index (χ4n) is 1.83. The van der Waals surface area contributed by atoms with Crippen molar-refractivity contribution in [1.82, 2.24) is 10.2 Å². The van der Waals surface area contributed by atoms with E-state index in [0.717, 1.165) is 26.1 Å². The van der Waals surface area contributed by atoms with Crippen LogP contribution >= 0.6 is 11.6 Å². The molecule has 0 aliphatic rings. The molecule has 0 spiro atoms. The van der Waals surface area contributed by atoms with Crippen molar-refractivity contribution >= 4 is 17.5 Å². The summed E-state index contributed by atoms with van der Waals surface area (Å²) in [6.45, 7) is 7.83. The number of hydrogen-bond donors (Lipinski definition) is 2. The fraction of sp³-hybridized carbons (Fsp3) is 0.500. The molecule has 19 heavy (non-hydrogen) atoms. The third-order valence-corrected chi connectivity index (χ3v) is 3.36. The second-order valence-electron chi connectivity index (χ2n) is 4.30. The standard InChI is InChI=1S/C14H21ClN2O2/c1-3-17(4-2)9-5-8-16-14(19)12-10-11(18)6-7-13(12)15/h6-7,10,18H,3-5,8-9H2,1-2H3,(H,16,19). The molecule has 1 aromatic carbocycles. The first kappa shape index (κ1) is 15.8. The lowest BCUT2D eigenvalue weighted by Gasteiger charge is -2.17. The number of amides is 1. The van der Waals surface area contributed by atoms with Crippen LogP contribution in [0.15, 0.2) is 18.2 Å². The maximum Gasteiger partial charge on any atom is 0.252 e. The smallest absolute Gasteiger partial charge is 0.252 e. The van der Waals surface area contributed by atoms with Gasteiger partial charge in [0.05, 0.1) is 10.6 Å². The molecule has 2 N–H and O–H groups in total. The molecule has 0 aromatic heterocycles. The number of carbonyl (C=O) groups is 1. The van der Waals surface area contributed by atoms with Gasteiger partial charge in [-0.1, -0.05) is 25.4 Å². The predicted molar refractivity (Wildman–Crippen MR) is 77.9 cm³/mol. The molecular weight excluding hydrogens is 264 g/mol. The SMILES string of the molecule is CCN(CC)CCCNC(=O)c1cc(O)ccc1Cl. The van der Waals surface area contributed by atoms with Gasteiger partial charge in [-0.3, -0.25) is 4.79 Å². The number of halogens is 1. The zero-order chi connectivity index (χ0) is 14.3. The van der Waals surface area contributed by atoms with Crippen molar-refractivity contribution in [1.29, 1.82) is 0 Å². The van der Waals surface area contributed by atoms with Crippen LogP contribution in [0.3, 0.4) is 0 Å². The van der Waals surface area contributed by atoms with Crippen LogP contribution in [0.4, 0.5) is 0 Å². The molecule has 0 fully saturated rings. The molecular formula is C14H21ClN2O2. The van der Waals surface area contributed by atoms with Crippen LogP contribution in [0.1, 0.15) is 30.6 Å². The Bertz CT molecular complexity index is 420. The number of benzene rings is 1. The Balaban J connectivity index is 2.41. The zero-order valence-corrected chi connectivity index (χ0v) is 12.2. The average molecular weight is 285 g/mol. The molecule has 0 bridgehead atoms. The van der Waals surface area contributed by atoms with Gasteiger partial charge in [0.1, 0.15) is 5.75 Å². The molecule has 0 saturated carbocycles. The number of nitrogens with one attached hydrogen (secondary N) is 1. The molecule has 1 amide bonds. The monoisotopic (exact) mass is 284 g/mol. The topological polar surface area (TPSA) is 52.6 Å². The molecule has 0 atom stereocenters. The number of hydrogen-bond acceptors (Lipinski definition) is 3. The highest BCUT2D eigenvalue weighted by molar-refractivity contribution is 6.33. The lowest BCUT2D eigenvalue weighted by atomic mass is 10.2. The molecule has 106 valence electrons. The Morgan fingerprint density at radius 2 is 2.05 bits per heavy atom. The molecule has 1 rings (SSSR count). The maximum atomic E-state index is 11.9. The molecule has 0 heterocycles. The summed E-state index contributed by atoms with van der Waals surface area (Å²) in [7, 11) is 0. The zero-order valence-electron chi connectivity index (χ0n) is 11.4. The molecule has 0 aliphatic heterocycles. The lowest BCUT2D eigenvalue weighted by Crippen LogP contribution is -2.30. The van der Waals surface area contributed by atoms with Crippen molar-refractivity contribution in [3.05, 3.63) is 28.8 Å². The van der Waals surface area contributed by atoms with Gasteiger partial charge in [-0.05, 0) is 44.3 Å². The van der Waals surface area contributed by atoms with E-state index in [0.29, 0.717) is 17.1 Å². The largest absolute Gasteiger partial charge is 0.508 e. The van der Waals surface area contributed by atoms with Gasteiger partial charge in [-0.2, -0.15) is 0 Å². The Morgan fingerprint density at radius 3 is 2.68 bits per heavy atom. The van der Waals surface area contributed by atoms with E-state index in [-0.39, 0.29) is 11.7 Å². The minimum Gasteiger partial charge on any atom is -0.508 e. The van der Waals surface area contributed by atoms with Crippen molar-refractivity contribution in [3.63, 3.8) is 0 Å². The summed E-state index contributed by atoms with van der Waals surface area (Å²) < 4.78 is 0. The van der Waals surface area contributed by atoms with E-state index in [1.165, 1.54) is 18.2 Å². The van der Waals surface area contributed by atoms with Gasteiger partial charge in [0.25, 0.3) is 5.91 Å². The van der Waals surface area contributed by atoms with E-state index in [1.807, 2.05) is 0 Å². The second kappa shape index (κ2) is 8.02. The van der Waals surface area contributed by atoms with Crippen LogP contribution in [-0.2, 0) is 0 Å². The molecule has 0 saturated heterocycles. The Kier molecular flexibility index (Phi) is 6.67. The molecule has 0 aliphatic carbocycles. The normalized spacial score (nSPS) is 10.7. The van der Waals surface area contributed by atoms with Crippen molar-refractivity contribution in [3.8, 4) is 5.75 Å². The average Bonchev–Trinajstić information content (AvgIpc) is 2.41. The Morgan fingerprint density at radius 1 is 1.37 bits per heavy atom. The highest BCUT2D eigenvalue weighted by atomic mass is 35.5. The number of phenolic OH excluding ortho intramolecular Hbond substituents is 1. The maximum absolute atomic E-state index is 11.9. The molecule has 0 unspecified atom stereocenters.